The maximum absolute atomic E-state index is 11.7. The number of amides is 2. The summed E-state index contributed by atoms with van der Waals surface area (Å²) in [6, 6.07) is -0.208. The number of hydrogen-bond donors (Lipinski definition) is 2. The molecule has 5 nitrogen and oxygen atoms in total. The Labute approximate surface area is 107 Å². The van der Waals surface area contributed by atoms with Crippen LogP contribution in [-0.4, -0.2) is 22.5 Å². The third kappa shape index (κ3) is 2.97. The van der Waals surface area contributed by atoms with E-state index < -0.39 is 0 Å². The van der Waals surface area contributed by atoms with Crippen LogP contribution in [0, 0.1) is 18.3 Å². The van der Waals surface area contributed by atoms with Crippen molar-refractivity contribution in [2.75, 3.05) is 11.9 Å². The van der Waals surface area contributed by atoms with Crippen LogP contribution >= 0.6 is 0 Å². The Morgan fingerprint density at radius 3 is 2.61 bits per heavy atom. The van der Waals surface area contributed by atoms with E-state index in [0.717, 1.165) is 12.2 Å². The number of carbonyl (C=O) groups is 1. The predicted molar refractivity (Wildman–Crippen MR) is 70.3 cm³/mol. The lowest BCUT2D eigenvalue weighted by molar-refractivity contribution is 0.245. The molecule has 1 aromatic heterocycles. The molecule has 2 N–H and O–H groups in total. The minimum absolute atomic E-state index is 0.208. The van der Waals surface area contributed by atoms with E-state index in [0.29, 0.717) is 17.2 Å². The number of anilines is 1. The molecule has 98 valence electrons. The Hall–Kier alpha value is -1.65. The van der Waals surface area contributed by atoms with Crippen molar-refractivity contribution in [1.82, 2.24) is 15.3 Å². The van der Waals surface area contributed by atoms with Gasteiger partial charge in [-0.15, -0.1) is 0 Å². The summed E-state index contributed by atoms with van der Waals surface area (Å²) >= 11 is 0. The fraction of sp³-hybridized carbons (Fsp3) is 0.615. The lowest BCUT2D eigenvalue weighted by Gasteiger charge is -2.19. The molecule has 2 amide bonds. The Morgan fingerprint density at radius 1 is 1.39 bits per heavy atom. The van der Waals surface area contributed by atoms with Crippen LogP contribution in [0.1, 0.15) is 32.4 Å². The smallest absolute Gasteiger partial charge is 0.320 e. The number of rotatable bonds is 4. The molecule has 0 bridgehead atoms. The minimum atomic E-state index is -0.208. The Kier molecular flexibility index (Phi) is 3.50. The van der Waals surface area contributed by atoms with Crippen LogP contribution in [0.2, 0.25) is 0 Å². The zero-order valence-corrected chi connectivity index (χ0v) is 11.2. The van der Waals surface area contributed by atoms with Crippen LogP contribution in [0.25, 0.3) is 0 Å². The minimum Gasteiger partial charge on any atom is -0.337 e. The second-order valence-electron chi connectivity index (χ2n) is 5.37. The molecule has 1 aromatic rings. The number of hydrogen-bond acceptors (Lipinski definition) is 3. The lowest BCUT2D eigenvalue weighted by Crippen LogP contribution is -2.35. The number of nitrogens with zero attached hydrogens (tertiary/aromatic N) is 2. The maximum atomic E-state index is 11.7. The molecule has 0 radical (unpaired) electrons. The summed E-state index contributed by atoms with van der Waals surface area (Å²) in [5.41, 5.74) is 1.15. The van der Waals surface area contributed by atoms with Crippen LogP contribution in [0.15, 0.2) is 12.4 Å². The van der Waals surface area contributed by atoms with E-state index >= 15 is 0 Å². The number of aryl methyl sites for hydroxylation is 1. The standard InChI is InChI=1S/C13H20N4O/c1-9(2)13(4-5-13)8-16-12(18)17-11-7-14-10(3)6-15-11/h6-7,9H,4-5,8H2,1-3H3,(H2,15,16,17,18). The van der Waals surface area contributed by atoms with Crippen LogP contribution in [0.4, 0.5) is 10.6 Å². The van der Waals surface area contributed by atoms with E-state index in [9.17, 15) is 4.79 Å². The monoisotopic (exact) mass is 248 g/mol. The van der Waals surface area contributed by atoms with Gasteiger partial charge in [-0.2, -0.15) is 0 Å². The molecule has 0 atom stereocenters. The van der Waals surface area contributed by atoms with E-state index in [-0.39, 0.29) is 6.03 Å². The van der Waals surface area contributed by atoms with Crippen molar-refractivity contribution in [3.05, 3.63) is 18.1 Å². The molecular formula is C13H20N4O. The van der Waals surface area contributed by atoms with Crippen molar-refractivity contribution in [2.45, 2.75) is 33.6 Å². The Balaban J connectivity index is 1.81. The second kappa shape index (κ2) is 4.92. The zero-order chi connectivity index (χ0) is 13.2. The van der Waals surface area contributed by atoms with Crippen LogP contribution in [-0.2, 0) is 0 Å². The SMILES string of the molecule is Cc1cnc(NC(=O)NCC2(C(C)C)CC2)cn1. The van der Waals surface area contributed by atoms with Gasteiger partial charge in [0.1, 0.15) is 0 Å². The van der Waals surface area contributed by atoms with E-state index in [1.807, 2.05) is 6.92 Å². The van der Waals surface area contributed by atoms with Crippen molar-refractivity contribution >= 4 is 11.8 Å². The first-order chi connectivity index (χ1) is 8.52. The molecular weight excluding hydrogens is 228 g/mol. The molecule has 1 saturated carbocycles. The lowest BCUT2D eigenvalue weighted by atomic mass is 9.92. The second-order valence-corrected chi connectivity index (χ2v) is 5.37. The summed E-state index contributed by atoms with van der Waals surface area (Å²) in [4.78, 5) is 19.9. The molecule has 5 heteroatoms. The van der Waals surface area contributed by atoms with Gasteiger partial charge in [-0.1, -0.05) is 13.8 Å². The van der Waals surface area contributed by atoms with Gasteiger partial charge in [-0.25, -0.2) is 9.78 Å². The normalized spacial score (nSPS) is 16.4. The van der Waals surface area contributed by atoms with E-state index in [2.05, 4.69) is 34.4 Å². The third-order valence-electron chi connectivity index (χ3n) is 3.74. The van der Waals surface area contributed by atoms with E-state index in [1.54, 1.807) is 12.4 Å². The molecule has 1 fully saturated rings. The average molecular weight is 248 g/mol. The summed E-state index contributed by atoms with van der Waals surface area (Å²) < 4.78 is 0. The quantitative estimate of drug-likeness (QED) is 0.859. The van der Waals surface area contributed by atoms with Gasteiger partial charge in [0, 0.05) is 6.54 Å². The summed E-state index contributed by atoms with van der Waals surface area (Å²) in [6.07, 6.45) is 5.60. The van der Waals surface area contributed by atoms with Crippen molar-refractivity contribution in [1.29, 1.82) is 0 Å². The van der Waals surface area contributed by atoms with Crippen LogP contribution < -0.4 is 10.6 Å². The van der Waals surface area contributed by atoms with E-state index in [4.69, 9.17) is 0 Å². The maximum Gasteiger partial charge on any atom is 0.320 e. The number of aromatic nitrogens is 2. The average Bonchev–Trinajstić information content (AvgIpc) is 3.11. The molecule has 18 heavy (non-hydrogen) atoms. The van der Waals surface area contributed by atoms with Crippen molar-refractivity contribution in [2.24, 2.45) is 11.3 Å². The molecule has 0 aromatic carbocycles. The van der Waals surface area contributed by atoms with Gasteiger partial charge < -0.3 is 5.32 Å². The molecule has 1 aliphatic rings. The van der Waals surface area contributed by atoms with Gasteiger partial charge in [0.2, 0.25) is 0 Å². The van der Waals surface area contributed by atoms with Crippen molar-refractivity contribution in [3.8, 4) is 0 Å². The van der Waals surface area contributed by atoms with Crippen LogP contribution in [0.5, 0.6) is 0 Å². The molecule has 0 saturated heterocycles. The van der Waals surface area contributed by atoms with Crippen molar-refractivity contribution < 1.29 is 4.79 Å². The number of urea groups is 1. The fourth-order valence-corrected chi connectivity index (χ4v) is 1.99. The first-order valence-electron chi connectivity index (χ1n) is 6.35. The largest absolute Gasteiger partial charge is 0.337 e. The molecule has 0 aliphatic heterocycles. The highest BCUT2D eigenvalue weighted by Gasteiger charge is 2.45. The first-order valence-corrected chi connectivity index (χ1v) is 6.35. The van der Waals surface area contributed by atoms with Gasteiger partial charge in [0.25, 0.3) is 0 Å². The Bertz CT molecular complexity index is 423. The zero-order valence-electron chi connectivity index (χ0n) is 11.2. The highest BCUT2D eigenvalue weighted by Crippen LogP contribution is 2.51. The van der Waals surface area contributed by atoms with Crippen LogP contribution in [0.3, 0.4) is 0 Å². The topological polar surface area (TPSA) is 66.9 Å². The number of nitrogens with one attached hydrogen (secondary N) is 2. The van der Waals surface area contributed by atoms with Gasteiger partial charge >= 0.3 is 6.03 Å². The van der Waals surface area contributed by atoms with Gasteiger partial charge in [0.05, 0.1) is 18.1 Å². The Morgan fingerprint density at radius 2 is 2.11 bits per heavy atom. The summed E-state index contributed by atoms with van der Waals surface area (Å²) in [7, 11) is 0. The fourth-order valence-electron chi connectivity index (χ4n) is 1.99. The molecule has 1 aliphatic carbocycles. The van der Waals surface area contributed by atoms with Gasteiger partial charge in [0.15, 0.2) is 5.82 Å². The van der Waals surface area contributed by atoms with Crippen molar-refractivity contribution in [3.63, 3.8) is 0 Å². The summed E-state index contributed by atoms with van der Waals surface area (Å²) in [6.45, 7) is 7.00. The van der Waals surface area contributed by atoms with E-state index in [1.165, 1.54) is 12.8 Å². The van der Waals surface area contributed by atoms with Gasteiger partial charge in [-0.05, 0) is 31.1 Å². The van der Waals surface area contributed by atoms with Gasteiger partial charge in [-0.3, -0.25) is 10.3 Å². The predicted octanol–water partition coefficient (Wildman–Crippen LogP) is 2.34. The number of carbonyl (C=O) groups excluding carboxylic acids is 1. The molecule has 1 heterocycles. The third-order valence-corrected chi connectivity index (χ3v) is 3.74. The summed E-state index contributed by atoms with van der Waals surface area (Å²) in [5.74, 6) is 1.09. The summed E-state index contributed by atoms with van der Waals surface area (Å²) in [5, 5.41) is 5.60. The molecule has 0 spiro atoms. The highest BCUT2D eigenvalue weighted by molar-refractivity contribution is 5.88. The molecule has 2 rings (SSSR count). The first kappa shape index (κ1) is 12.8. The molecule has 0 unspecified atom stereocenters. The highest BCUT2D eigenvalue weighted by atomic mass is 16.2.